The summed E-state index contributed by atoms with van der Waals surface area (Å²) in [6.45, 7) is 11.2. The van der Waals surface area contributed by atoms with Gasteiger partial charge in [0, 0.05) is 90.3 Å². The van der Waals surface area contributed by atoms with Crippen LogP contribution in [0, 0.1) is 21.3 Å². The molecule has 104 heavy (non-hydrogen) atoms. The van der Waals surface area contributed by atoms with Gasteiger partial charge in [0.15, 0.2) is 0 Å². The molecule has 0 unspecified atom stereocenters. The number of hydrogen-bond acceptors (Lipinski definition) is 13. The number of halogens is 5. The fourth-order valence-corrected chi connectivity index (χ4v) is 13.3. The monoisotopic (exact) mass is 1590 g/mol. The van der Waals surface area contributed by atoms with Crippen LogP contribution < -0.4 is 26.0 Å². The number of carbonyl (C=O) groups excluding carboxylic acids is 12. The van der Waals surface area contributed by atoms with E-state index in [9.17, 15) is 41.9 Å². The van der Waals surface area contributed by atoms with Gasteiger partial charge >= 0.3 is 6.36 Å². The Bertz CT molecular complexity index is 3490. The molecule has 0 radical (unpaired) electrons. The van der Waals surface area contributed by atoms with Gasteiger partial charge in [-0.1, -0.05) is 122 Å². The van der Waals surface area contributed by atoms with E-state index in [1.54, 1.807) is 81.1 Å². The molecule has 0 saturated carbocycles. The Kier molecular flexibility index (Phi) is 33.6. The second kappa shape index (κ2) is 40.4. The molecule has 25 nitrogen and oxygen atoms in total. The van der Waals surface area contributed by atoms with Crippen molar-refractivity contribution in [3.05, 3.63) is 98.1 Å². The Morgan fingerprint density at radius 2 is 1.15 bits per heavy atom. The summed E-state index contributed by atoms with van der Waals surface area (Å²) in [5.74, 6) is -11.3. The third-order valence-electron chi connectivity index (χ3n) is 19.1. The number of unbranched alkanes of at least 4 members (excludes halogenated alkanes) is 1. The van der Waals surface area contributed by atoms with Crippen LogP contribution in [0.5, 0.6) is 5.75 Å². The lowest BCUT2D eigenvalue weighted by molar-refractivity contribution is -0.275. The number of alkyl halides is 3. The number of piperidine rings is 1. The van der Waals surface area contributed by atoms with Gasteiger partial charge in [-0.25, -0.2) is 0 Å². The van der Waals surface area contributed by atoms with E-state index in [2.05, 4.69) is 48.6 Å². The highest BCUT2D eigenvalue weighted by Crippen LogP contribution is 2.29. The molecule has 3 aromatic carbocycles. The summed E-state index contributed by atoms with van der Waals surface area (Å²) in [4.78, 5) is 188. The highest BCUT2D eigenvalue weighted by molar-refractivity contribution is 14.1. The van der Waals surface area contributed by atoms with Gasteiger partial charge in [0.1, 0.15) is 54.1 Å². The molecule has 5 rings (SSSR count). The summed E-state index contributed by atoms with van der Waals surface area (Å²) < 4.78 is 47.7. The zero-order valence-corrected chi connectivity index (χ0v) is 65.2. The zero-order valence-electron chi connectivity index (χ0n) is 62.3. The molecule has 2 heterocycles. The van der Waals surface area contributed by atoms with E-state index in [4.69, 9.17) is 11.6 Å². The predicted octanol–water partition coefficient (Wildman–Crippen LogP) is 6.24. The topological polar surface area (TPSA) is 288 Å². The Balaban J connectivity index is 1.71. The van der Waals surface area contributed by atoms with E-state index < -0.39 is 170 Å². The number of benzene rings is 3. The summed E-state index contributed by atoms with van der Waals surface area (Å²) in [5, 5.41) is 11.5. The number of likely N-dealkylation sites (tertiary alicyclic amines) is 1. The minimum atomic E-state index is -5.21. The van der Waals surface area contributed by atoms with Gasteiger partial charge in [-0.3, -0.25) is 57.5 Å². The summed E-state index contributed by atoms with van der Waals surface area (Å²) in [6.07, 6.45) is -3.72. The molecule has 574 valence electrons. The van der Waals surface area contributed by atoms with E-state index >= 15 is 28.8 Å². The molecule has 9 atom stereocenters. The van der Waals surface area contributed by atoms with Crippen LogP contribution in [0.15, 0.2) is 72.8 Å². The smallest absolute Gasteiger partial charge is 0.406 e. The van der Waals surface area contributed by atoms with Crippen LogP contribution in [0.1, 0.15) is 129 Å². The Hall–Kier alpha value is -8.09. The normalized spacial score (nSPS) is 23.1. The van der Waals surface area contributed by atoms with Crippen molar-refractivity contribution in [1.29, 1.82) is 0 Å². The lowest BCUT2D eigenvalue weighted by atomic mass is 9.95. The number of nitrogens with one attached hydrogen (secondary N) is 4. The van der Waals surface area contributed by atoms with Gasteiger partial charge in [-0.2, -0.15) is 0 Å². The van der Waals surface area contributed by atoms with Crippen molar-refractivity contribution in [3.63, 3.8) is 0 Å². The average molecular weight is 1590 g/mol. The average Bonchev–Trinajstić information content (AvgIpc) is 0.813. The minimum Gasteiger partial charge on any atom is -0.406 e. The first-order chi connectivity index (χ1) is 48.9. The molecule has 4 N–H and O–H groups in total. The summed E-state index contributed by atoms with van der Waals surface area (Å²) in [7, 11) is 9.27. The molecule has 2 aliphatic rings. The molecule has 0 aliphatic carbocycles. The number of rotatable bonds is 17. The van der Waals surface area contributed by atoms with Crippen molar-refractivity contribution in [2.24, 2.45) is 17.8 Å². The summed E-state index contributed by atoms with van der Waals surface area (Å²) in [5.41, 5.74) is 0.946. The summed E-state index contributed by atoms with van der Waals surface area (Å²) in [6, 6.07) is 6.87. The fraction of sp³-hybridized carbons (Fsp3) is 0.595. The Morgan fingerprint density at radius 3 is 1.76 bits per heavy atom. The van der Waals surface area contributed by atoms with E-state index in [-0.39, 0.29) is 62.6 Å². The van der Waals surface area contributed by atoms with Crippen LogP contribution in [-0.2, 0) is 76.8 Å². The standard InChI is InChI=1S/C74H105ClF3IN12O13/c1-15-17-27-53-69(99)89(13)57(40-50-25-19-20-28-60(50)104-74(76,77)78)67(97)82-55(35-45(3)4)70(100)90(14)59(72(102)91-33-21-18-22-34-91)41-62(93)87(11)56(36-46(5)6)68(98)83-65(47(7)16-2)73(103)86(10)43-63(94)84(8)44-64(95)88(12)58(39-48-29-31-51(75)32-30-48)71(101)85(9)42-61(92)80-54(66(96)81-53)38-49-24-23-26-52(79)37-49/h19-20,23-26,28-32,37,45-47,53-59,65H,15-18,21-22,27,33-36,38-44H2,1-14H3,(H,80,92)(H,81,96)(H,82,97)(H,83,98)/t47-,53-,54-,55-,56-,57-,58-,59-,65-/m0/s1. The Labute approximate surface area is 627 Å². The van der Waals surface area contributed by atoms with Gasteiger partial charge < -0.3 is 65.2 Å². The molecule has 2 saturated heterocycles. The number of amides is 12. The van der Waals surface area contributed by atoms with Gasteiger partial charge in [-0.05, 0) is 126 Å². The zero-order chi connectivity index (χ0) is 77.6. The predicted molar refractivity (Wildman–Crippen MR) is 395 cm³/mol. The highest BCUT2D eigenvalue weighted by Gasteiger charge is 2.43. The van der Waals surface area contributed by atoms with Gasteiger partial charge in [0.05, 0.1) is 26.1 Å². The third kappa shape index (κ3) is 25.6. The summed E-state index contributed by atoms with van der Waals surface area (Å²) >= 11 is 8.32. The van der Waals surface area contributed by atoms with Crippen LogP contribution in [-0.4, -0.2) is 247 Å². The van der Waals surface area contributed by atoms with Crippen LogP contribution in [0.25, 0.3) is 0 Å². The van der Waals surface area contributed by atoms with E-state index in [1.165, 1.54) is 67.5 Å². The molecule has 3 aromatic rings. The Morgan fingerprint density at radius 1 is 0.567 bits per heavy atom. The molecule has 0 spiro atoms. The second-order valence-electron chi connectivity index (χ2n) is 28.2. The lowest BCUT2D eigenvalue weighted by Gasteiger charge is -2.38. The highest BCUT2D eigenvalue weighted by atomic mass is 127. The van der Waals surface area contributed by atoms with Crippen molar-refractivity contribution >= 4 is 105 Å². The van der Waals surface area contributed by atoms with Crippen molar-refractivity contribution < 1.29 is 75.4 Å². The van der Waals surface area contributed by atoms with E-state index in [0.717, 1.165) is 50.4 Å². The van der Waals surface area contributed by atoms with Gasteiger partial charge in [-0.15, -0.1) is 13.2 Å². The van der Waals surface area contributed by atoms with Crippen LogP contribution in [0.4, 0.5) is 13.2 Å². The minimum absolute atomic E-state index is 0.0573. The maximum absolute atomic E-state index is 15.5. The molecule has 0 bridgehead atoms. The first-order valence-electron chi connectivity index (χ1n) is 35.5. The molecular formula is C74H105ClF3IN12O13. The molecule has 2 aliphatic heterocycles. The number of likely N-dealkylation sites (N-methyl/N-ethyl adjacent to an activating group) is 7. The number of para-hydroxylation sites is 1. The van der Waals surface area contributed by atoms with Crippen molar-refractivity contribution in [3.8, 4) is 5.75 Å². The number of carbonyl (C=O) groups is 12. The molecular weight excluding hydrogens is 1480 g/mol. The first-order valence-corrected chi connectivity index (χ1v) is 36.9. The largest absolute Gasteiger partial charge is 0.573 e. The SMILES string of the molecule is CCCC[C@@H]1NC(=O)[C@H](Cc2cccc(I)c2)NC(=O)CN(C)C(=O)[C@H](Cc2ccc(Cl)cc2)N(C)C(=O)CN(C)C(=O)CN(C)C(=O)[C@H]([C@@H](C)CC)NC(=O)[C@H](CC(C)C)N(C)C(=O)C[C@@H](C(=O)N2CCCCC2)N(C)C(=O)[C@H](CC(C)C)NC(=O)[C@H](Cc2ccccc2OC(F)(F)F)N(C)C1=O. The molecule has 30 heteroatoms. The van der Waals surface area contributed by atoms with E-state index in [1.807, 2.05) is 20.8 Å². The number of nitrogens with zero attached hydrogens (tertiary/aromatic N) is 8. The van der Waals surface area contributed by atoms with Crippen LogP contribution in [0.2, 0.25) is 5.02 Å². The quantitative estimate of drug-likeness (QED) is 0.109. The maximum Gasteiger partial charge on any atom is 0.573 e. The number of ether oxygens (including phenoxy) is 1. The van der Waals surface area contributed by atoms with Crippen molar-refractivity contribution in [2.45, 2.75) is 187 Å². The van der Waals surface area contributed by atoms with E-state index in [0.29, 0.717) is 48.3 Å². The third-order valence-corrected chi connectivity index (χ3v) is 20.0. The molecule has 12 amide bonds. The van der Waals surface area contributed by atoms with Gasteiger partial charge in [0.2, 0.25) is 70.9 Å². The number of hydrogen-bond donors (Lipinski definition) is 4. The fourth-order valence-electron chi connectivity index (χ4n) is 12.6. The molecule has 0 aromatic heterocycles. The van der Waals surface area contributed by atoms with Crippen LogP contribution in [0.3, 0.4) is 0 Å². The lowest BCUT2D eigenvalue weighted by Crippen LogP contribution is -2.61. The molecule has 2 fully saturated rings. The van der Waals surface area contributed by atoms with Gasteiger partial charge in [0.25, 0.3) is 0 Å². The second-order valence-corrected chi connectivity index (χ2v) is 29.9. The van der Waals surface area contributed by atoms with Crippen LogP contribution >= 0.6 is 34.2 Å². The first kappa shape index (κ1) is 86.6. The van der Waals surface area contributed by atoms with Crippen molar-refractivity contribution in [1.82, 2.24) is 60.5 Å². The maximum atomic E-state index is 15.5. The van der Waals surface area contributed by atoms with Crippen molar-refractivity contribution in [2.75, 3.05) is 82.1 Å².